The van der Waals surface area contributed by atoms with Gasteiger partial charge in [0.1, 0.15) is 5.02 Å². The maximum Gasteiger partial charge on any atom is 0.334 e. The number of hydrogen-bond donors (Lipinski definition) is 0. The zero-order valence-electron chi connectivity index (χ0n) is 7.91. The van der Waals surface area contributed by atoms with Crippen LogP contribution >= 0.6 is 23.2 Å². The third-order valence-corrected chi connectivity index (χ3v) is 2.50. The highest BCUT2D eigenvalue weighted by Gasteiger charge is 2.27. The molecule has 0 unspecified atom stereocenters. The first-order chi connectivity index (χ1) is 7.02. The highest BCUT2D eigenvalue weighted by molar-refractivity contribution is 6.43. The first-order valence-electron chi connectivity index (χ1n) is 3.77. The summed E-state index contributed by atoms with van der Waals surface area (Å²) in [5, 5.41) is 10.6. The predicted octanol–water partition coefficient (Wildman–Crippen LogP) is 2.92. The smallest absolute Gasteiger partial charge is 0.334 e. The molecule has 1 rings (SSSR count). The second-order valence-corrected chi connectivity index (χ2v) is 3.30. The van der Waals surface area contributed by atoms with Crippen molar-refractivity contribution in [3.63, 3.8) is 0 Å². The summed E-state index contributed by atoms with van der Waals surface area (Å²) in [5.41, 5.74) is -0.400. The van der Waals surface area contributed by atoms with Crippen LogP contribution in [0.5, 0.6) is 11.5 Å². The normalized spacial score (nSPS) is 9.87. The number of nitro groups is 1. The fourth-order valence-corrected chi connectivity index (χ4v) is 1.48. The van der Waals surface area contributed by atoms with Gasteiger partial charge in [-0.3, -0.25) is 10.1 Å². The summed E-state index contributed by atoms with van der Waals surface area (Å²) in [7, 11) is 2.64. The molecule has 0 saturated heterocycles. The maximum atomic E-state index is 10.7. The first kappa shape index (κ1) is 11.9. The molecule has 0 aromatic heterocycles. The Morgan fingerprint density at radius 1 is 1.33 bits per heavy atom. The molecular formula is C8H7Cl2NO4. The molecule has 0 amide bonds. The zero-order chi connectivity index (χ0) is 11.6. The van der Waals surface area contributed by atoms with E-state index in [9.17, 15) is 10.1 Å². The quantitative estimate of drug-likeness (QED) is 0.612. The number of ether oxygens (including phenoxy) is 2. The largest absolute Gasteiger partial charge is 0.493 e. The highest BCUT2D eigenvalue weighted by atomic mass is 35.5. The SMILES string of the molecule is COc1cc(Cl)c(Cl)c([N+](=O)[O-])c1OC. The maximum absolute atomic E-state index is 10.7. The van der Waals surface area contributed by atoms with Crippen molar-refractivity contribution in [2.24, 2.45) is 0 Å². The monoisotopic (exact) mass is 251 g/mol. The Morgan fingerprint density at radius 3 is 2.33 bits per heavy atom. The van der Waals surface area contributed by atoms with E-state index in [1.807, 2.05) is 0 Å². The van der Waals surface area contributed by atoms with Crippen LogP contribution in [0.4, 0.5) is 5.69 Å². The third-order valence-electron chi connectivity index (χ3n) is 1.72. The van der Waals surface area contributed by atoms with Crippen LogP contribution in [0.1, 0.15) is 0 Å². The molecule has 0 radical (unpaired) electrons. The van der Waals surface area contributed by atoms with Gasteiger partial charge in [-0.05, 0) is 0 Å². The van der Waals surface area contributed by atoms with Crippen LogP contribution in [0, 0.1) is 10.1 Å². The molecule has 0 atom stereocenters. The number of methoxy groups -OCH3 is 2. The van der Waals surface area contributed by atoms with Crippen molar-refractivity contribution in [1.29, 1.82) is 0 Å². The van der Waals surface area contributed by atoms with Crippen molar-refractivity contribution in [1.82, 2.24) is 0 Å². The van der Waals surface area contributed by atoms with Gasteiger partial charge in [-0.2, -0.15) is 0 Å². The van der Waals surface area contributed by atoms with Crippen molar-refractivity contribution >= 4 is 28.9 Å². The van der Waals surface area contributed by atoms with E-state index in [0.29, 0.717) is 0 Å². The third kappa shape index (κ3) is 2.08. The van der Waals surface area contributed by atoms with Gasteiger partial charge in [0.2, 0.25) is 5.75 Å². The summed E-state index contributed by atoms with van der Waals surface area (Å²) in [5.74, 6) is 0.121. The lowest BCUT2D eigenvalue weighted by Gasteiger charge is -2.09. The Balaban J connectivity index is 3.56. The average Bonchev–Trinajstić information content (AvgIpc) is 2.20. The molecule has 0 N–H and O–H groups in total. The summed E-state index contributed by atoms with van der Waals surface area (Å²) in [6.07, 6.45) is 0. The molecule has 0 aliphatic rings. The van der Waals surface area contributed by atoms with Gasteiger partial charge in [0.15, 0.2) is 5.75 Å². The van der Waals surface area contributed by atoms with Crippen molar-refractivity contribution in [3.05, 3.63) is 26.2 Å². The van der Waals surface area contributed by atoms with Gasteiger partial charge in [-0.1, -0.05) is 23.2 Å². The van der Waals surface area contributed by atoms with E-state index in [4.69, 9.17) is 32.7 Å². The van der Waals surface area contributed by atoms with Gasteiger partial charge in [0, 0.05) is 6.07 Å². The standard InChI is InChI=1S/C8H7Cl2NO4/c1-14-5-3-4(9)6(10)7(11(12)13)8(5)15-2/h3H,1-2H3. The Hall–Kier alpha value is -1.20. The number of benzene rings is 1. The highest BCUT2D eigenvalue weighted by Crippen LogP contribution is 2.45. The van der Waals surface area contributed by atoms with E-state index < -0.39 is 10.6 Å². The zero-order valence-corrected chi connectivity index (χ0v) is 9.43. The molecule has 0 aliphatic carbocycles. The number of halogens is 2. The van der Waals surface area contributed by atoms with Gasteiger partial charge in [-0.15, -0.1) is 0 Å². The minimum atomic E-state index is -0.671. The van der Waals surface area contributed by atoms with Crippen LogP contribution in [0.25, 0.3) is 0 Å². The molecule has 1 aromatic rings. The van der Waals surface area contributed by atoms with Gasteiger partial charge >= 0.3 is 5.69 Å². The number of nitro benzene ring substituents is 1. The Kier molecular flexibility index (Phi) is 3.60. The predicted molar refractivity (Wildman–Crippen MR) is 56.2 cm³/mol. The molecule has 0 aliphatic heterocycles. The molecule has 82 valence electrons. The second-order valence-electron chi connectivity index (χ2n) is 2.51. The summed E-state index contributed by atoms with van der Waals surface area (Å²) in [4.78, 5) is 10.1. The lowest BCUT2D eigenvalue weighted by Crippen LogP contribution is -1.98. The average molecular weight is 252 g/mol. The van der Waals surface area contributed by atoms with Crippen molar-refractivity contribution in [3.8, 4) is 11.5 Å². The van der Waals surface area contributed by atoms with Crippen molar-refractivity contribution < 1.29 is 14.4 Å². The van der Waals surface area contributed by atoms with E-state index in [-0.39, 0.29) is 21.5 Å². The van der Waals surface area contributed by atoms with Gasteiger partial charge < -0.3 is 9.47 Å². The fourth-order valence-electron chi connectivity index (χ4n) is 1.09. The lowest BCUT2D eigenvalue weighted by atomic mass is 10.2. The topological polar surface area (TPSA) is 61.6 Å². The Labute approximate surface area is 95.6 Å². The number of rotatable bonds is 3. The number of nitrogens with zero attached hydrogens (tertiary/aromatic N) is 1. The minimum Gasteiger partial charge on any atom is -0.493 e. The summed E-state index contributed by atoms with van der Waals surface area (Å²) >= 11 is 11.4. The second kappa shape index (κ2) is 4.55. The van der Waals surface area contributed by atoms with E-state index in [1.54, 1.807) is 0 Å². The molecule has 0 saturated carbocycles. The van der Waals surface area contributed by atoms with Crippen LogP contribution in [0.3, 0.4) is 0 Å². The molecule has 15 heavy (non-hydrogen) atoms. The van der Waals surface area contributed by atoms with E-state index in [1.165, 1.54) is 20.3 Å². The van der Waals surface area contributed by atoms with Crippen LogP contribution in [0.15, 0.2) is 6.07 Å². The lowest BCUT2D eigenvalue weighted by molar-refractivity contribution is -0.385. The molecule has 7 heteroatoms. The molecule has 0 fully saturated rings. The van der Waals surface area contributed by atoms with Crippen LogP contribution in [0.2, 0.25) is 10.0 Å². The van der Waals surface area contributed by atoms with E-state index in [0.717, 1.165) is 0 Å². The summed E-state index contributed by atoms with van der Waals surface area (Å²) in [6, 6.07) is 1.36. The summed E-state index contributed by atoms with van der Waals surface area (Å²) in [6.45, 7) is 0. The Morgan fingerprint density at radius 2 is 1.93 bits per heavy atom. The van der Waals surface area contributed by atoms with Gasteiger partial charge in [0.05, 0.1) is 24.2 Å². The number of hydrogen-bond acceptors (Lipinski definition) is 4. The molecule has 0 spiro atoms. The fraction of sp³-hybridized carbons (Fsp3) is 0.250. The molecule has 0 heterocycles. The minimum absolute atomic E-state index is 0.0426. The Bertz CT molecular complexity index is 408. The van der Waals surface area contributed by atoms with Crippen LogP contribution < -0.4 is 9.47 Å². The van der Waals surface area contributed by atoms with Crippen LogP contribution in [-0.4, -0.2) is 19.1 Å². The van der Waals surface area contributed by atoms with E-state index in [2.05, 4.69) is 0 Å². The molecular weight excluding hydrogens is 245 g/mol. The van der Waals surface area contributed by atoms with E-state index >= 15 is 0 Å². The molecule has 1 aromatic carbocycles. The van der Waals surface area contributed by atoms with Gasteiger partial charge in [0.25, 0.3) is 0 Å². The summed E-state index contributed by atoms with van der Waals surface area (Å²) < 4.78 is 9.75. The van der Waals surface area contributed by atoms with Crippen molar-refractivity contribution in [2.75, 3.05) is 14.2 Å². The van der Waals surface area contributed by atoms with Crippen LogP contribution in [-0.2, 0) is 0 Å². The molecule has 0 bridgehead atoms. The first-order valence-corrected chi connectivity index (χ1v) is 4.52. The molecule has 5 nitrogen and oxygen atoms in total. The van der Waals surface area contributed by atoms with Gasteiger partial charge in [-0.25, -0.2) is 0 Å². The van der Waals surface area contributed by atoms with Crippen molar-refractivity contribution in [2.45, 2.75) is 0 Å².